The topological polar surface area (TPSA) is 228 Å². The number of carbonyl (C=O) groups excluding carboxylic acids is 1. The fourth-order valence-corrected chi connectivity index (χ4v) is 14.7. The summed E-state index contributed by atoms with van der Waals surface area (Å²) in [6.07, 6.45) is 71.4. The van der Waals surface area contributed by atoms with Gasteiger partial charge < -0.3 is 65.1 Å². The lowest BCUT2D eigenvalue weighted by Gasteiger charge is -2.46. The van der Waals surface area contributed by atoms with Crippen molar-refractivity contribution in [3.8, 4) is 0 Å². The Morgan fingerprint density at radius 2 is 0.643 bits per heavy atom. The molecule has 2 aliphatic heterocycles. The number of hydrogen-bond donors (Lipinski definition) is 9. The molecule has 12 unspecified atom stereocenters. The van der Waals surface area contributed by atoms with E-state index in [-0.39, 0.29) is 12.5 Å². The molecule has 0 aromatic heterocycles. The van der Waals surface area contributed by atoms with E-state index in [1.807, 2.05) is 0 Å². The van der Waals surface area contributed by atoms with Crippen LogP contribution in [0, 0.1) is 0 Å². The molecule has 2 rings (SSSR count). The molecular weight excluding hydrogens is 1230 g/mol. The number of rotatable bonds is 74. The van der Waals surface area contributed by atoms with E-state index in [1.54, 1.807) is 0 Å². The molecule has 0 saturated carbocycles. The van der Waals surface area contributed by atoms with Crippen molar-refractivity contribution in [2.75, 3.05) is 19.8 Å². The number of allylic oxidation sites excluding steroid dienone is 2. The molecule has 0 spiro atoms. The molecule has 2 aliphatic rings. The van der Waals surface area contributed by atoms with E-state index in [1.165, 1.54) is 347 Å². The van der Waals surface area contributed by atoms with Crippen molar-refractivity contribution in [1.82, 2.24) is 5.32 Å². The van der Waals surface area contributed by atoms with Gasteiger partial charge in [-0.25, -0.2) is 0 Å². The first-order valence-corrected chi connectivity index (χ1v) is 42.9. The molecule has 2 heterocycles. The highest BCUT2D eigenvalue weighted by Crippen LogP contribution is 2.31. The second-order valence-electron chi connectivity index (χ2n) is 30.7. The number of ether oxygens (including phenoxy) is 4. The quantitative estimate of drug-likeness (QED) is 0.0204. The highest BCUT2D eigenvalue weighted by molar-refractivity contribution is 5.76. The molecular formula is C84H163NO13. The molecule has 2 saturated heterocycles. The summed E-state index contributed by atoms with van der Waals surface area (Å²) >= 11 is 0. The largest absolute Gasteiger partial charge is 0.394 e. The van der Waals surface area contributed by atoms with Crippen molar-refractivity contribution in [2.45, 2.75) is 498 Å². The van der Waals surface area contributed by atoms with E-state index in [4.69, 9.17) is 18.9 Å². The molecule has 1 amide bonds. The maximum atomic E-state index is 13.4. The van der Waals surface area contributed by atoms with E-state index in [0.29, 0.717) is 12.8 Å². The SMILES string of the molecule is CCCCCCCCCC/C=C\CCCCCCCCCCCCCCCCCCCCCCCCCCCCCC(=O)NC(COC1OC(CO)C(OC2OC(CO)C(O)C(O)C2O)C(O)C1O)C(O)CCCCCCCCCCCCCCCCCCCCCCCCCCC. The van der Waals surface area contributed by atoms with Crippen LogP contribution in [0.25, 0.3) is 0 Å². The molecule has 14 nitrogen and oxygen atoms in total. The summed E-state index contributed by atoms with van der Waals surface area (Å²) in [6, 6.07) is -0.827. The minimum Gasteiger partial charge on any atom is -0.394 e. The van der Waals surface area contributed by atoms with Crippen LogP contribution in [0.4, 0.5) is 0 Å². The van der Waals surface area contributed by atoms with Gasteiger partial charge in [0.1, 0.15) is 48.8 Å². The van der Waals surface area contributed by atoms with Crippen LogP contribution in [0.2, 0.25) is 0 Å². The van der Waals surface area contributed by atoms with Crippen LogP contribution in [0.3, 0.4) is 0 Å². The number of nitrogens with one attached hydrogen (secondary N) is 1. The maximum Gasteiger partial charge on any atom is 0.220 e. The van der Waals surface area contributed by atoms with Crippen molar-refractivity contribution in [1.29, 1.82) is 0 Å². The first-order chi connectivity index (χ1) is 48.1. The van der Waals surface area contributed by atoms with Crippen molar-refractivity contribution in [2.24, 2.45) is 0 Å². The maximum absolute atomic E-state index is 13.4. The summed E-state index contributed by atoms with van der Waals surface area (Å²) in [6.45, 7) is 2.94. The van der Waals surface area contributed by atoms with Crippen LogP contribution in [0.1, 0.15) is 425 Å². The second kappa shape index (κ2) is 68.8. The Labute approximate surface area is 603 Å². The lowest BCUT2D eigenvalue weighted by Crippen LogP contribution is -2.65. The molecule has 582 valence electrons. The van der Waals surface area contributed by atoms with Crippen molar-refractivity contribution in [3.05, 3.63) is 12.2 Å². The monoisotopic (exact) mass is 1390 g/mol. The van der Waals surface area contributed by atoms with Crippen molar-refractivity contribution in [3.63, 3.8) is 0 Å². The fourth-order valence-electron chi connectivity index (χ4n) is 14.7. The number of hydrogen-bond acceptors (Lipinski definition) is 13. The lowest BCUT2D eigenvalue weighted by atomic mass is 9.97. The summed E-state index contributed by atoms with van der Waals surface area (Å²) in [5.41, 5.74) is 0. The predicted molar refractivity (Wildman–Crippen MR) is 406 cm³/mol. The van der Waals surface area contributed by atoms with Gasteiger partial charge >= 0.3 is 0 Å². The summed E-state index contributed by atoms with van der Waals surface area (Å²) in [5, 5.41) is 87.9. The molecule has 0 bridgehead atoms. The van der Waals surface area contributed by atoms with E-state index in [9.17, 15) is 45.6 Å². The molecule has 0 aromatic rings. The van der Waals surface area contributed by atoms with Gasteiger partial charge in [-0.2, -0.15) is 0 Å². The molecule has 2 fully saturated rings. The average Bonchev–Trinajstić information content (AvgIpc) is 0.793. The zero-order valence-corrected chi connectivity index (χ0v) is 64.1. The third-order valence-electron chi connectivity index (χ3n) is 21.5. The zero-order chi connectivity index (χ0) is 70.8. The Balaban J connectivity index is 1.55. The molecule has 0 aromatic carbocycles. The van der Waals surface area contributed by atoms with Crippen LogP contribution < -0.4 is 5.32 Å². The Kier molecular flexibility index (Phi) is 65.2. The van der Waals surface area contributed by atoms with Crippen LogP contribution >= 0.6 is 0 Å². The number of aliphatic hydroxyl groups excluding tert-OH is 8. The van der Waals surface area contributed by atoms with Gasteiger partial charge in [-0.05, 0) is 38.5 Å². The molecule has 98 heavy (non-hydrogen) atoms. The highest BCUT2D eigenvalue weighted by atomic mass is 16.7. The molecule has 0 aliphatic carbocycles. The molecule has 0 radical (unpaired) electrons. The van der Waals surface area contributed by atoms with Gasteiger partial charge in [0, 0.05) is 6.42 Å². The molecule has 14 heteroatoms. The summed E-state index contributed by atoms with van der Waals surface area (Å²) in [5.74, 6) is -0.195. The van der Waals surface area contributed by atoms with Crippen molar-refractivity contribution >= 4 is 5.91 Å². The smallest absolute Gasteiger partial charge is 0.220 e. The predicted octanol–water partition coefficient (Wildman–Crippen LogP) is 20.0. The number of unbranched alkanes of at least 4 members (excludes halogenated alkanes) is 59. The Bertz CT molecular complexity index is 1690. The normalized spacial score (nSPS) is 22.0. The van der Waals surface area contributed by atoms with E-state index < -0.39 is 86.8 Å². The van der Waals surface area contributed by atoms with Gasteiger partial charge in [-0.3, -0.25) is 4.79 Å². The van der Waals surface area contributed by atoms with Crippen LogP contribution in [0.5, 0.6) is 0 Å². The first kappa shape index (κ1) is 92.8. The minimum atomic E-state index is -1.78. The lowest BCUT2D eigenvalue weighted by molar-refractivity contribution is -0.359. The summed E-state index contributed by atoms with van der Waals surface area (Å²) in [7, 11) is 0. The van der Waals surface area contributed by atoms with Crippen molar-refractivity contribution < 1.29 is 64.6 Å². The number of amides is 1. The minimum absolute atomic E-state index is 0.195. The standard InChI is InChI=1S/C84H163NO13/c1-3-5-7-9-11-13-15-17-19-21-23-25-27-29-30-31-32-33-34-35-36-37-38-39-40-41-42-44-46-48-50-52-54-56-58-60-62-64-66-68-76(89)85-72(71-95-83-81(94)79(92)82(75(70-87)97-83)98-84-80(93)78(91)77(90)74(69-86)96-84)73(88)67-65-63-61-59-57-55-53-51-49-47-45-43-28-26-24-22-20-18-16-14-12-10-8-6-4-2/h21,23,72-75,77-84,86-88,90-94H,3-20,22,24-71H2,1-2H3,(H,85,89)/b23-21-. The van der Waals surface area contributed by atoms with Crippen LogP contribution in [0.15, 0.2) is 12.2 Å². The first-order valence-electron chi connectivity index (χ1n) is 42.9. The summed E-state index contributed by atoms with van der Waals surface area (Å²) < 4.78 is 23.0. The molecule has 12 atom stereocenters. The summed E-state index contributed by atoms with van der Waals surface area (Å²) in [4.78, 5) is 13.4. The zero-order valence-electron chi connectivity index (χ0n) is 64.1. The molecule has 9 N–H and O–H groups in total. The Morgan fingerprint density at radius 1 is 0.357 bits per heavy atom. The van der Waals surface area contributed by atoms with Gasteiger partial charge in [0.05, 0.1) is 32.0 Å². The highest BCUT2D eigenvalue weighted by Gasteiger charge is 2.51. The number of carbonyl (C=O) groups is 1. The number of aliphatic hydroxyl groups is 8. The fraction of sp³-hybridized carbons (Fsp3) is 0.964. The Morgan fingerprint density at radius 3 is 0.969 bits per heavy atom. The second-order valence-corrected chi connectivity index (χ2v) is 30.7. The Hall–Kier alpha value is -1.27. The van der Waals surface area contributed by atoms with E-state index in [0.717, 1.165) is 51.4 Å². The van der Waals surface area contributed by atoms with Crippen LogP contribution in [-0.2, 0) is 23.7 Å². The third kappa shape index (κ3) is 51.0. The van der Waals surface area contributed by atoms with Gasteiger partial charge in [-0.1, -0.05) is 392 Å². The van der Waals surface area contributed by atoms with Crippen LogP contribution in [-0.4, -0.2) is 140 Å². The van der Waals surface area contributed by atoms with Gasteiger partial charge in [0.25, 0.3) is 0 Å². The average molecular weight is 1400 g/mol. The third-order valence-corrected chi connectivity index (χ3v) is 21.5. The van der Waals surface area contributed by atoms with Gasteiger partial charge in [0.2, 0.25) is 5.91 Å². The van der Waals surface area contributed by atoms with Gasteiger partial charge in [0.15, 0.2) is 12.6 Å². The van der Waals surface area contributed by atoms with Gasteiger partial charge in [-0.15, -0.1) is 0 Å². The van der Waals surface area contributed by atoms with E-state index >= 15 is 0 Å². The van der Waals surface area contributed by atoms with E-state index in [2.05, 4.69) is 31.3 Å².